The second-order valence-corrected chi connectivity index (χ2v) is 4.41. The van der Waals surface area contributed by atoms with E-state index in [1.165, 1.54) is 26.0 Å². The molecule has 1 aromatic rings. The standard InChI is InChI=1S/C11H10BrF3O2/c1-6-8(10(12)7(2)16)4-3-5-9(6)17-11(13,14)15/h3-5,10H,1-2H3. The molecular weight excluding hydrogens is 301 g/mol. The molecule has 0 bridgehead atoms. The summed E-state index contributed by atoms with van der Waals surface area (Å²) >= 11 is 3.13. The van der Waals surface area contributed by atoms with E-state index in [0.29, 0.717) is 11.1 Å². The molecule has 1 rings (SSSR count). The minimum absolute atomic E-state index is 0.183. The number of rotatable bonds is 3. The highest BCUT2D eigenvalue weighted by Gasteiger charge is 2.32. The molecule has 1 unspecified atom stereocenters. The Bertz CT molecular complexity index is 429. The first-order valence-electron chi connectivity index (χ1n) is 4.72. The van der Waals surface area contributed by atoms with Crippen LogP contribution < -0.4 is 4.74 Å². The van der Waals surface area contributed by atoms with Gasteiger partial charge in [-0.05, 0) is 31.0 Å². The number of ether oxygens (including phenoxy) is 1. The molecule has 0 radical (unpaired) electrons. The van der Waals surface area contributed by atoms with Gasteiger partial charge in [-0.15, -0.1) is 13.2 Å². The van der Waals surface area contributed by atoms with E-state index in [9.17, 15) is 18.0 Å². The molecular formula is C11H10BrF3O2. The maximum Gasteiger partial charge on any atom is 0.573 e. The van der Waals surface area contributed by atoms with Crippen LogP contribution in [-0.2, 0) is 4.79 Å². The van der Waals surface area contributed by atoms with Gasteiger partial charge in [-0.2, -0.15) is 0 Å². The van der Waals surface area contributed by atoms with Crippen molar-refractivity contribution in [1.82, 2.24) is 0 Å². The third kappa shape index (κ3) is 3.73. The van der Waals surface area contributed by atoms with Crippen molar-refractivity contribution in [1.29, 1.82) is 0 Å². The molecule has 17 heavy (non-hydrogen) atoms. The number of Topliss-reactive ketones (excluding diaryl/α,β-unsaturated/α-hetero) is 1. The number of carbonyl (C=O) groups excluding carboxylic acids is 1. The van der Waals surface area contributed by atoms with Crippen LogP contribution in [0.1, 0.15) is 22.9 Å². The lowest BCUT2D eigenvalue weighted by Gasteiger charge is -2.15. The van der Waals surface area contributed by atoms with Crippen molar-refractivity contribution in [3.63, 3.8) is 0 Å². The Morgan fingerprint density at radius 1 is 1.41 bits per heavy atom. The monoisotopic (exact) mass is 310 g/mol. The Balaban J connectivity index is 3.12. The maximum atomic E-state index is 12.1. The molecule has 0 spiro atoms. The van der Waals surface area contributed by atoms with Gasteiger partial charge < -0.3 is 4.74 Å². The van der Waals surface area contributed by atoms with Gasteiger partial charge in [0.15, 0.2) is 0 Å². The molecule has 1 atom stereocenters. The third-order valence-corrected chi connectivity index (χ3v) is 3.32. The maximum absolute atomic E-state index is 12.1. The van der Waals surface area contributed by atoms with Crippen LogP contribution in [0.5, 0.6) is 5.75 Å². The number of halogens is 4. The average molecular weight is 311 g/mol. The van der Waals surface area contributed by atoms with E-state index in [1.54, 1.807) is 6.07 Å². The molecule has 0 heterocycles. The predicted octanol–water partition coefficient (Wildman–Crippen LogP) is 3.92. The van der Waals surface area contributed by atoms with Crippen LogP contribution >= 0.6 is 15.9 Å². The van der Waals surface area contributed by atoms with Crippen molar-refractivity contribution in [3.05, 3.63) is 29.3 Å². The van der Waals surface area contributed by atoms with Crippen molar-refractivity contribution < 1.29 is 22.7 Å². The molecule has 0 aliphatic carbocycles. The minimum Gasteiger partial charge on any atom is -0.406 e. The second kappa shape index (κ2) is 5.08. The lowest BCUT2D eigenvalue weighted by Crippen LogP contribution is -2.18. The molecule has 0 aliphatic rings. The fourth-order valence-electron chi connectivity index (χ4n) is 1.36. The van der Waals surface area contributed by atoms with Crippen LogP contribution in [0.4, 0.5) is 13.2 Å². The molecule has 2 nitrogen and oxygen atoms in total. The molecule has 0 fully saturated rings. The highest BCUT2D eigenvalue weighted by molar-refractivity contribution is 9.09. The highest BCUT2D eigenvalue weighted by atomic mass is 79.9. The van der Waals surface area contributed by atoms with E-state index in [4.69, 9.17) is 0 Å². The van der Waals surface area contributed by atoms with E-state index in [0.717, 1.165) is 0 Å². The SMILES string of the molecule is CC(=O)C(Br)c1cccc(OC(F)(F)F)c1C. The summed E-state index contributed by atoms with van der Waals surface area (Å²) in [5.74, 6) is -0.474. The number of carbonyl (C=O) groups is 1. The van der Waals surface area contributed by atoms with Gasteiger partial charge >= 0.3 is 6.36 Å². The summed E-state index contributed by atoms with van der Waals surface area (Å²) in [5.41, 5.74) is 0.765. The average Bonchev–Trinajstić information content (AvgIpc) is 2.18. The van der Waals surface area contributed by atoms with Crippen LogP contribution in [0.15, 0.2) is 18.2 Å². The third-order valence-electron chi connectivity index (χ3n) is 2.18. The molecule has 0 N–H and O–H groups in total. The molecule has 6 heteroatoms. The summed E-state index contributed by atoms with van der Waals surface area (Å²) in [6.45, 7) is 2.84. The molecule has 0 amide bonds. The lowest BCUT2D eigenvalue weighted by atomic mass is 10.0. The Morgan fingerprint density at radius 2 is 2.00 bits per heavy atom. The largest absolute Gasteiger partial charge is 0.573 e. The fraction of sp³-hybridized carbons (Fsp3) is 0.364. The van der Waals surface area contributed by atoms with Crippen molar-refractivity contribution >= 4 is 21.7 Å². The first-order valence-corrected chi connectivity index (χ1v) is 5.63. The molecule has 94 valence electrons. The van der Waals surface area contributed by atoms with Crippen LogP contribution in [0.25, 0.3) is 0 Å². The number of hydrogen-bond donors (Lipinski definition) is 0. The molecule has 0 saturated heterocycles. The first kappa shape index (κ1) is 14.0. The summed E-state index contributed by atoms with van der Waals surface area (Å²) in [5, 5.41) is 0. The first-order chi connectivity index (χ1) is 7.72. The van der Waals surface area contributed by atoms with Gasteiger partial charge in [0.05, 0.1) is 4.83 Å². The van der Waals surface area contributed by atoms with Gasteiger partial charge in [0.25, 0.3) is 0 Å². The lowest BCUT2D eigenvalue weighted by molar-refractivity contribution is -0.274. The van der Waals surface area contributed by atoms with Crippen molar-refractivity contribution in [2.24, 2.45) is 0 Å². The number of ketones is 1. The van der Waals surface area contributed by atoms with Gasteiger partial charge in [0, 0.05) is 0 Å². The van der Waals surface area contributed by atoms with E-state index in [1.807, 2.05) is 0 Å². The fourth-order valence-corrected chi connectivity index (χ4v) is 1.86. The van der Waals surface area contributed by atoms with E-state index >= 15 is 0 Å². The van der Waals surface area contributed by atoms with Gasteiger partial charge in [-0.1, -0.05) is 28.1 Å². The van der Waals surface area contributed by atoms with Crippen molar-refractivity contribution in [2.75, 3.05) is 0 Å². The highest BCUT2D eigenvalue weighted by Crippen LogP contribution is 2.33. The van der Waals surface area contributed by atoms with Gasteiger partial charge in [-0.3, -0.25) is 4.79 Å². The Labute approximate surface area is 105 Å². The Morgan fingerprint density at radius 3 is 2.47 bits per heavy atom. The van der Waals surface area contributed by atoms with Crippen LogP contribution in [-0.4, -0.2) is 12.1 Å². The van der Waals surface area contributed by atoms with Crippen molar-refractivity contribution in [3.8, 4) is 5.75 Å². The minimum atomic E-state index is -4.73. The zero-order chi connectivity index (χ0) is 13.2. The second-order valence-electron chi connectivity index (χ2n) is 3.49. The van der Waals surface area contributed by atoms with E-state index in [2.05, 4.69) is 20.7 Å². The van der Waals surface area contributed by atoms with Crippen molar-refractivity contribution in [2.45, 2.75) is 25.0 Å². The number of benzene rings is 1. The molecule has 0 aliphatic heterocycles. The van der Waals surface area contributed by atoms with Crippen LogP contribution in [0.2, 0.25) is 0 Å². The van der Waals surface area contributed by atoms with E-state index < -0.39 is 11.2 Å². The molecule has 0 saturated carbocycles. The Hall–Kier alpha value is -1.04. The quantitative estimate of drug-likeness (QED) is 0.791. The summed E-state index contributed by atoms with van der Waals surface area (Å²) < 4.78 is 40.2. The van der Waals surface area contributed by atoms with E-state index in [-0.39, 0.29) is 11.5 Å². The van der Waals surface area contributed by atoms with Gasteiger partial charge in [0.1, 0.15) is 11.5 Å². The summed E-state index contributed by atoms with van der Waals surface area (Å²) in [6.07, 6.45) is -4.73. The summed E-state index contributed by atoms with van der Waals surface area (Å²) in [4.78, 5) is 10.6. The Kier molecular flexibility index (Phi) is 4.19. The normalized spacial score (nSPS) is 13.3. The summed E-state index contributed by atoms with van der Waals surface area (Å²) in [6, 6.07) is 4.21. The predicted molar refractivity (Wildman–Crippen MR) is 60.2 cm³/mol. The number of hydrogen-bond acceptors (Lipinski definition) is 2. The van der Waals surface area contributed by atoms with Crippen LogP contribution in [0, 0.1) is 6.92 Å². The zero-order valence-corrected chi connectivity index (χ0v) is 10.7. The topological polar surface area (TPSA) is 26.3 Å². The van der Waals surface area contributed by atoms with Crippen LogP contribution in [0.3, 0.4) is 0 Å². The molecule has 0 aromatic heterocycles. The van der Waals surface area contributed by atoms with Gasteiger partial charge in [-0.25, -0.2) is 0 Å². The summed E-state index contributed by atoms with van der Waals surface area (Å²) in [7, 11) is 0. The zero-order valence-electron chi connectivity index (χ0n) is 9.14. The van der Waals surface area contributed by atoms with Gasteiger partial charge in [0.2, 0.25) is 0 Å². The number of alkyl halides is 4. The smallest absolute Gasteiger partial charge is 0.406 e. The molecule has 1 aromatic carbocycles.